The van der Waals surface area contributed by atoms with E-state index in [1.54, 1.807) is 26.1 Å². The van der Waals surface area contributed by atoms with Crippen molar-refractivity contribution in [1.29, 1.82) is 0 Å². The zero-order chi connectivity index (χ0) is 23.6. The molecule has 2 aromatic heterocycles. The molecule has 2 heterocycles. The average molecular weight is 455 g/mol. The highest BCUT2D eigenvalue weighted by Crippen LogP contribution is 2.31. The van der Waals surface area contributed by atoms with Crippen LogP contribution >= 0.6 is 11.6 Å². The Bertz CT molecular complexity index is 1330. The standard InChI is InChI=1S/C23H23ClN4O4/c1-11-7-15(13(3)27-17-5-6-18(24)28-19(17)23(30)31)22-16(8-11)20(29)12(2)21(32-22)14(9-25)10-26-4/h5-10,13,27H,25H2,1-4H3,(H,30,31)/b14-9+,26-10?. The normalized spacial score (nSPS) is 13.0. The summed E-state index contributed by atoms with van der Waals surface area (Å²) in [5, 5.41) is 13.1. The van der Waals surface area contributed by atoms with Crippen molar-refractivity contribution in [2.75, 3.05) is 12.4 Å². The lowest BCUT2D eigenvalue weighted by Crippen LogP contribution is -2.15. The van der Waals surface area contributed by atoms with Crippen LogP contribution in [0.1, 0.15) is 45.9 Å². The fraction of sp³-hybridized carbons (Fsp3) is 0.217. The number of allylic oxidation sites excluding steroid dienone is 1. The van der Waals surface area contributed by atoms with Gasteiger partial charge in [-0.2, -0.15) is 0 Å². The number of nitrogens with two attached hydrogens (primary N) is 1. The zero-order valence-electron chi connectivity index (χ0n) is 18.1. The number of carboxylic acid groups (broad SMARTS) is 1. The van der Waals surface area contributed by atoms with Gasteiger partial charge in [0.15, 0.2) is 11.1 Å². The molecule has 0 aliphatic heterocycles. The second-order valence-electron chi connectivity index (χ2n) is 7.33. The van der Waals surface area contributed by atoms with Gasteiger partial charge in [-0.3, -0.25) is 9.79 Å². The lowest BCUT2D eigenvalue weighted by atomic mass is 9.99. The SMILES string of the molecule is CN=C/C(=C\N)c1oc2c(C(C)Nc3ccc(Cl)nc3C(=O)O)cc(C)cc2c(=O)c1C. The molecule has 0 radical (unpaired) electrons. The minimum atomic E-state index is -1.21. The number of rotatable bonds is 6. The molecule has 0 saturated heterocycles. The number of aryl methyl sites for hydroxylation is 1. The fourth-order valence-electron chi connectivity index (χ4n) is 3.51. The molecule has 0 saturated carbocycles. The summed E-state index contributed by atoms with van der Waals surface area (Å²) in [6.45, 7) is 5.39. The summed E-state index contributed by atoms with van der Waals surface area (Å²) in [5.74, 6) is -0.885. The average Bonchev–Trinajstić information content (AvgIpc) is 2.75. The van der Waals surface area contributed by atoms with Crippen molar-refractivity contribution in [1.82, 2.24) is 4.98 Å². The van der Waals surface area contributed by atoms with Crippen LogP contribution in [0.2, 0.25) is 5.15 Å². The molecule has 0 spiro atoms. The topological polar surface area (TPSA) is 131 Å². The van der Waals surface area contributed by atoms with Gasteiger partial charge in [0.25, 0.3) is 0 Å². The molecule has 0 amide bonds. The molecule has 8 nitrogen and oxygen atoms in total. The maximum Gasteiger partial charge on any atom is 0.356 e. The number of hydrogen-bond donors (Lipinski definition) is 3. The first-order valence-corrected chi connectivity index (χ1v) is 10.1. The monoisotopic (exact) mass is 454 g/mol. The molecule has 1 unspecified atom stereocenters. The van der Waals surface area contributed by atoms with Crippen molar-refractivity contribution in [3.63, 3.8) is 0 Å². The highest BCUT2D eigenvalue weighted by Gasteiger charge is 2.21. The van der Waals surface area contributed by atoms with Crippen LogP contribution in [0.25, 0.3) is 16.5 Å². The van der Waals surface area contributed by atoms with E-state index in [2.05, 4.69) is 15.3 Å². The molecule has 4 N–H and O–H groups in total. The van der Waals surface area contributed by atoms with Gasteiger partial charge in [-0.1, -0.05) is 17.7 Å². The van der Waals surface area contributed by atoms with E-state index >= 15 is 0 Å². The first kappa shape index (κ1) is 23.0. The third kappa shape index (κ3) is 4.36. The predicted molar refractivity (Wildman–Crippen MR) is 127 cm³/mol. The van der Waals surface area contributed by atoms with E-state index in [4.69, 9.17) is 21.8 Å². The van der Waals surface area contributed by atoms with Crippen LogP contribution in [-0.2, 0) is 0 Å². The Morgan fingerprint density at radius 2 is 2.06 bits per heavy atom. The number of aromatic nitrogens is 1. The Morgan fingerprint density at radius 1 is 1.34 bits per heavy atom. The van der Waals surface area contributed by atoms with E-state index in [0.29, 0.717) is 39.1 Å². The number of aromatic carboxylic acids is 1. The maximum absolute atomic E-state index is 13.1. The first-order chi connectivity index (χ1) is 15.2. The van der Waals surface area contributed by atoms with E-state index in [9.17, 15) is 14.7 Å². The van der Waals surface area contributed by atoms with Crippen LogP contribution in [0.5, 0.6) is 0 Å². The largest absolute Gasteiger partial charge is 0.476 e. The van der Waals surface area contributed by atoms with Gasteiger partial charge in [0.2, 0.25) is 0 Å². The third-order valence-corrected chi connectivity index (χ3v) is 5.21. The Morgan fingerprint density at radius 3 is 2.69 bits per heavy atom. The molecular weight excluding hydrogens is 432 g/mol. The van der Waals surface area contributed by atoms with Crippen molar-refractivity contribution >= 4 is 46.0 Å². The second-order valence-corrected chi connectivity index (χ2v) is 7.71. The Hall–Kier alpha value is -3.65. The van der Waals surface area contributed by atoms with E-state index in [1.165, 1.54) is 18.5 Å². The predicted octanol–water partition coefficient (Wildman–Crippen LogP) is 4.33. The first-order valence-electron chi connectivity index (χ1n) is 9.76. The second kappa shape index (κ2) is 9.23. The molecule has 0 aliphatic rings. The minimum Gasteiger partial charge on any atom is -0.476 e. The number of hydrogen-bond acceptors (Lipinski definition) is 7. The lowest BCUT2D eigenvalue weighted by molar-refractivity contribution is 0.0691. The molecule has 0 bridgehead atoms. The Labute approximate surface area is 189 Å². The van der Waals surface area contributed by atoms with Crippen LogP contribution in [0, 0.1) is 13.8 Å². The summed E-state index contributed by atoms with van der Waals surface area (Å²) in [7, 11) is 1.60. The van der Waals surface area contributed by atoms with Gasteiger partial charge in [0.05, 0.1) is 22.7 Å². The van der Waals surface area contributed by atoms with Gasteiger partial charge in [0.1, 0.15) is 16.5 Å². The highest BCUT2D eigenvalue weighted by atomic mass is 35.5. The molecule has 1 aromatic carbocycles. The molecule has 0 aliphatic carbocycles. The van der Waals surface area contributed by atoms with Crippen molar-refractivity contribution in [2.45, 2.75) is 26.8 Å². The van der Waals surface area contributed by atoms with Gasteiger partial charge >= 0.3 is 5.97 Å². The number of pyridine rings is 1. The number of benzene rings is 1. The highest BCUT2D eigenvalue weighted by molar-refractivity contribution is 6.29. The van der Waals surface area contributed by atoms with Crippen molar-refractivity contribution in [2.24, 2.45) is 10.7 Å². The number of nitrogens with zero attached hydrogens (tertiary/aromatic N) is 2. The van der Waals surface area contributed by atoms with Crippen LogP contribution in [0.4, 0.5) is 5.69 Å². The quantitative estimate of drug-likeness (QED) is 0.373. The summed E-state index contributed by atoms with van der Waals surface area (Å²) in [4.78, 5) is 32.6. The molecule has 166 valence electrons. The number of nitrogens with one attached hydrogen (secondary N) is 1. The van der Waals surface area contributed by atoms with Crippen LogP contribution in [-0.4, -0.2) is 29.3 Å². The van der Waals surface area contributed by atoms with E-state index < -0.39 is 12.0 Å². The van der Waals surface area contributed by atoms with Gasteiger partial charge < -0.3 is 20.6 Å². The van der Waals surface area contributed by atoms with Crippen molar-refractivity contribution in [3.8, 4) is 0 Å². The summed E-state index contributed by atoms with van der Waals surface area (Å²) >= 11 is 5.85. The molecule has 9 heteroatoms. The number of aliphatic imine (C=N–C) groups is 1. The van der Waals surface area contributed by atoms with Crippen molar-refractivity contribution < 1.29 is 14.3 Å². The maximum atomic E-state index is 13.1. The van der Waals surface area contributed by atoms with Gasteiger partial charge in [-0.05, 0) is 44.5 Å². The molecule has 1 atom stereocenters. The fourth-order valence-corrected chi connectivity index (χ4v) is 3.65. The summed E-state index contributed by atoms with van der Waals surface area (Å²) in [6.07, 6.45) is 2.85. The number of fused-ring (bicyclic) bond motifs is 1. The number of carboxylic acids is 1. The minimum absolute atomic E-state index is 0.0754. The number of halogens is 1. The summed E-state index contributed by atoms with van der Waals surface area (Å²) < 4.78 is 6.19. The van der Waals surface area contributed by atoms with Crippen molar-refractivity contribution in [3.05, 3.63) is 74.0 Å². The Kier molecular flexibility index (Phi) is 6.64. The van der Waals surface area contributed by atoms with Gasteiger partial charge in [-0.25, -0.2) is 9.78 Å². The zero-order valence-corrected chi connectivity index (χ0v) is 18.8. The number of carbonyl (C=O) groups is 1. The number of anilines is 1. The molecule has 32 heavy (non-hydrogen) atoms. The third-order valence-electron chi connectivity index (χ3n) is 5.00. The lowest BCUT2D eigenvalue weighted by Gasteiger charge is -2.19. The van der Waals surface area contributed by atoms with Gasteiger partial charge in [0, 0.05) is 30.6 Å². The van der Waals surface area contributed by atoms with E-state index in [1.807, 2.05) is 19.9 Å². The van der Waals surface area contributed by atoms with E-state index in [0.717, 1.165) is 5.56 Å². The van der Waals surface area contributed by atoms with Crippen LogP contribution in [0.15, 0.2) is 44.7 Å². The molecular formula is C23H23ClN4O4. The summed E-state index contributed by atoms with van der Waals surface area (Å²) in [5.41, 5.74) is 8.45. The molecule has 3 rings (SSSR count). The Balaban J connectivity index is 2.21. The van der Waals surface area contributed by atoms with Gasteiger partial charge in [-0.15, -0.1) is 0 Å². The smallest absolute Gasteiger partial charge is 0.356 e. The van der Waals surface area contributed by atoms with E-state index in [-0.39, 0.29) is 16.3 Å². The molecule has 3 aromatic rings. The summed E-state index contributed by atoms with van der Waals surface area (Å²) in [6, 6.07) is 6.27. The molecule has 0 fully saturated rings. The van der Waals surface area contributed by atoms with Crippen LogP contribution < -0.4 is 16.5 Å². The van der Waals surface area contributed by atoms with Crippen LogP contribution in [0.3, 0.4) is 0 Å².